The maximum atomic E-state index is 12.0. The predicted octanol–water partition coefficient (Wildman–Crippen LogP) is 1.10. The highest BCUT2D eigenvalue weighted by atomic mass is 16.2. The average Bonchev–Trinajstić information content (AvgIpc) is 2.15. The summed E-state index contributed by atoms with van der Waals surface area (Å²) in [4.78, 5) is 14.0. The Hall–Kier alpha value is -0.570. The third kappa shape index (κ3) is 2.71. The lowest BCUT2D eigenvalue weighted by molar-refractivity contribution is -0.137. The van der Waals surface area contributed by atoms with Gasteiger partial charge >= 0.3 is 0 Å². The van der Waals surface area contributed by atoms with E-state index in [1.807, 2.05) is 11.8 Å². The number of rotatable bonds is 2. The van der Waals surface area contributed by atoms with Gasteiger partial charge in [-0.1, -0.05) is 20.8 Å². The van der Waals surface area contributed by atoms with Crippen LogP contribution in [0.5, 0.6) is 0 Å². The molecule has 3 heteroatoms. The standard InChI is InChI=1S/C11H22N2O/c1-8(2)10(4)11(14)13-6-5-12-9(3)7-13/h8-10,12H,5-7H2,1-4H3/t9-,10?/m0/s1. The van der Waals surface area contributed by atoms with Gasteiger partial charge in [0.2, 0.25) is 5.91 Å². The van der Waals surface area contributed by atoms with Gasteiger partial charge in [0.15, 0.2) is 0 Å². The molecule has 0 aromatic carbocycles. The zero-order chi connectivity index (χ0) is 10.7. The van der Waals surface area contributed by atoms with Crippen molar-refractivity contribution in [2.24, 2.45) is 11.8 Å². The Bertz CT molecular complexity index is 203. The summed E-state index contributed by atoms with van der Waals surface area (Å²) in [6, 6.07) is 0.437. The molecule has 1 rings (SSSR count). The van der Waals surface area contributed by atoms with E-state index in [9.17, 15) is 4.79 Å². The second-order valence-corrected chi connectivity index (χ2v) is 4.67. The van der Waals surface area contributed by atoms with Crippen LogP contribution in [0.3, 0.4) is 0 Å². The maximum Gasteiger partial charge on any atom is 0.225 e. The van der Waals surface area contributed by atoms with Crippen LogP contribution in [-0.2, 0) is 4.79 Å². The van der Waals surface area contributed by atoms with Crippen LogP contribution in [0.1, 0.15) is 27.7 Å². The van der Waals surface area contributed by atoms with Crippen LogP contribution < -0.4 is 5.32 Å². The second kappa shape index (κ2) is 4.78. The summed E-state index contributed by atoms with van der Waals surface area (Å²) >= 11 is 0. The molecule has 0 spiro atoms. The summed E-state index contributed by atoms with van der Waals surface area (Å²) in [5.41, 5.74) is 0. The molecule has 1 unspecified atom stereocenters. The fraction of sp³-hybridized carbons (Fsp3) is 0.909. The third-order valence-electron chi connectivity index (χ3n) is 3.07. The molecule has 3 nitrogen and oxygen atoms in total. The molecule has 1 aliphatic heterocycles. The van der Waals surface area contributed by atoms with Gasteiger partial charge in [0, 0.05) is 31.6 Å². The zero-order valence-corrected chi connectivity index (χ0v) is 9.71. The Morgan fingerprint density at radius 2 is 2.07 bits per heavy atom. The van der Waals surface area contributed by atoms with Crippen LogP contribution in [-0.4, -0.2) is 36.5 Å². The summed E-state index contributed by atoms with van der Waals surface area (Å²) in [6.45, 7) is 11.0. The molecule has 0 aliphatic carbocycles. The van der Waals surface area contributed by atoms with E-state index in [4.69, 9.17) is 0 Å². The minimum atomic E-state index is 0.153. The van der Waals surface area contributed by atoms with Crippen molar-refractivity contribution in [3.63, 3.8) is 0 Å². The van der Waals surface area contributed by atoms with Crippen molar-refractivity contribution in [2.45, 2.75) is 33.7 Å². The lowest BCUT2D eigenvalue weighted by Crippen LogP contribution is -2.52. The topological polar surface area (TPSA) is 32.3 Å². The van der Waals surface area contributed by atoms with Gasteiger partial charge in [0.1, 0.15) is 0 Å². The number of piperazine rings is 1. The Kier molecular flexibility index (Phi) is 3.93. The van der Waals surface area contributed by atoms with Crippen LogP contribution in [0, 0.1) is 11.8 Å². The normalized spacial score (nSPS) is 25.2. The molecular weight excluding hydrogens is 176 g/mol. The number of nitrogens with one attached hydrogen (secondary N) is 1. The summed E-state index contributed by atoms with van der Waals surface area (Å²) in [5.74, 6) is 0.904. The summed E-state index contributed by atoms with van der Waals surface area (Å²) < 4.78 is 0. The number of hydrogen-bond donors (Lipinski definition) is 1. The average molecular weight is 198 g/mol. The van der Waals surface area contributed by atoms with Gasteiger partial charge in [-0.25, -0.2) is 0 Å². The molecule has 2 atom stereocenters. The van der Waals surface area contributed by atoms with Gasteiger partial charge < -0.3 is 10.2 Å². The summed E-state index contributed by atoms with van der Waals surface area (Å²) in [5, 5.41) is 3.34. The minimum Gasteiger partial charge on any atom is -0.340 e. The monoisotopic (exact) mass is 198 g/mol. The number of carbonyl (C=O) groups excluding carboxylic acids is 1. The highest BCUT2D eigenvalue weighted by Crippen LogP contribution is 2.14. The molecule has 0 aromatic rings. The number of nitrogens with zero attached hydrogens (tertiary/aromatic N) is 1. The van der Waals surface area contributed by atoms with Gasteiger partial charge in [0.05, 0.1) is 0 Å². The maximum absolute atomic E-state index is 12.0. The first-order valence-electron chi connectivity index (χ1n) is 5.54. The highest BCUT2D eigenvalue weighted by molar-refractivity contribution is 5.78. The molecule has 0 bridgehead atoms. The predicted molar refractivity (Wildman–Crippen MR) is 58.0 cm³/mol. The lowest BCUT2D eigenvalue weighted by Gasteiger charge is -2.34. The minimum absolute atomic E-state index is 0.153. The first-order valence-corrected chi connectivity index (χ1v) is 5.54. The van der Waals surface area contributed by atoms with Crippen molar-refractivity contribution in [3.8, 4) is 0 Å². The molecule has 1 fully saturated rings. The van der Waals surface area contributed by atoms with E-state index < -0.39 is 0 Å². The molecule has 82 valence electrons. The molecule has 1 saturated heterocycles. The lowest BCUT2D eigenvalue weighted by atomic mass is 9.96. The quantitative estimate of drug-likeness (QED) is 0.720. The molecule has 0 radical (unpaired) electrons. The van der Waals surface area contributed by atoms with E-state index in [-0.39, 0.29) is 5.92 Å². The van der Waals surface area contributed by atoms with Gasteiger partial charge in [-0.15, -0.1) is 0 Å². The second-order valence-electron chi connectivity index (χ2n) is 4.67. The molecule has 1 amide bonds. The SMILES string of the molecule is CC(C)C(C)C(=O)N1CCN[C@@H](C)C1. The molecule has 0 saturated carbocycles. The van der Waals surface area contributed by atoms with Gasteiger partial charge in [-0.05, 0) is 12.8 Å². The van der Waals surface area contributed by atoms with Crippen molar-refractivity contribution >= 4 is 5.91 Å². The summed E-state index contributed by atoms with van der Waals surface area (Å²) in [6.07, 6.45) is 0. The molecule has 1 N–H and O–H groups in total. The first kappa shape index (κ1) is 11.5. The van der Waals surface area contributed by atoms with Crippen molar-refractivity contribution < 1.29 is 4.79 Å². The fourth-order valence-corrected chi connectivity index (χ4v) is 1.71. The zero-order valence-electron chi connectivity index (χ0n) is 9.71. The number of amides is 1. The van der Waals surface area contributed by atoms with Crippen LogP contribution in [0.25, 0.3) is 0 Å². The molecule has 0 aromatic heterocycles. The van der Waals surface area contributed by atoms with Crippen molar-refractivity contribution in [2.75, 3.05) is 19.6 Å². The molecule has 1 heterocycles. The number of carbonyl (C=O) groups is 1. The Morgan fingerprint density at radius 1 is 1.43 bits per heavy atom. The Morgan fingerprint density at radius 3 is 2.57 bits per heavy atom. The highest BCUT2D eigenvalue weighted by Gasteiger charge is 2.25. The van der Waals surface area contributed by atoms with Gasteiger partial charge in [-0.3, -0.25) is 4.79 Å². The van der Waals surface area contributed by atoms with E-state index in [0.29, 0.717) is 17.9 Å². The Labute approximate surface area is 86.9 Å². The van der Waals surface area contributed by atoms with E-state index in [2.05, 4.69) is 26.1 Å². The van der Waals surface area contributed by atoms with Gasteiger partial charge in [-0.2, -0.15) is 0 Å². The summed E-state index contributed by atoms with van der Waals surface area (Å²) in [7, 11) is 0. The van der Waals surface area contributed by atoms with E-state index in [1.165, 1.54) is 0 Å². The Balaban J connectivity index is 2.51. The smallest absolute Gasteiger partial charge is 0.225 e. The van der Waals surface area contributed by atoms with Crippen molar-refractivity contribution in [1.82, 2.24) is 10.2 Å². The fourth-order valence-electron chi connectivity index (χ4n) is 1.71. The van der Waals surface area contributed by atoms with E-state index in [1.54, 1.807) is 0 Å². The molecular formula is C11H22N2O. The number of hydrogen-bond acceptors (Lipinski definition) is 2. The van der Waals surface area contributed by atoms with Crippen LogP contribution in [0.4, 0.5) is 0 Å². The van der Waals surface area contributed by atoms with Gasteiger partial charge in [0.25, 0.3) is 0 Å². The van der Waals surface area contributed by atoms with Crippen LogP contribution >= 0.6 is 0 Å². The van der Waals surface area contributed by atoms with E-state index in [0.717, 1.165) is 19.6 Å². The van der Waals surface area contributed by atoms with Crippen molar-refractivity contribution in [1.29, 1.82) is 0 Å². The first-order chi connectivity index (χ1) is 6.52. The van der Waals surface area contributed by atoms with E-state index >= 15 is 0 Å². The van der Waals surface area contributed by atoms with Crippen molar-refractivity contribution in [3.05, 3.63) is 0 Å². The third-order valence-corrected chi connectivity index (χ3v) is 3.07. The van der Waals surface area contributed by atoms with Crippen LogP contribution in [0.15, 0.2) is 0 Å². The molecule has 14 heavy (non-hydrogen) atoms. The largest absolute Gasteiger partial charge is 0.340 e. The van der Waals surface area contributed by atoms with Crippen LogP contribution in [0.2, 0.25) is 0 Å². The molecule has 1 aliphatic rings.